The average molecular weight is 308 g/mol. The summed E-state index contributed by atoms with van der Waals surface area (Å²) in [5, 5.41) is 3.12. The van der Waals surface area contributed by atoms with E-state index >= 15 is 0 Å². The second-order valence-corrected chi connectivity index (χ2v) is 18.4. The number of hydrogen-bond acceptors (Lipinski definition) is 0. The maximum atomic E-state index is 2.59. The number of hydrogen-bond donors (Lipinski definition) is 0. The molecule has 0 fully saturated rings. The third-order valence-corrected chi connectivity index (χ3v) is 23.0. The first kappa shape index (κ1) is 14.1. The Balaban J connectivity index is 4.17. The Morgan fingerprint density at radius 1 is 0.846 bits per heavy atom. The van der Waals surface area contributed by atoms with Gasteiger partial charge < -0.3 is 0 Å². The molecule has 0 radical (unpaired) electrons. The van der Waals surface area contributed by atoms with Gasteiger partial charge in [-0.3, -0.25) is 0 Å². The predicted octanol–water partition coefficient (Wildman–Crippen LogP) is 4.38. The summed E-state index contributed by atoms with van der Waals surface area (Å²) >= 11 is -1.01. The second-order valence-electron chi connectivity index (χ2n) is 4.34. The summed E-state index contributed by atoms with van der Waals surface area (Å²) in [6.45, 7) is 9.82. The average Bonchev–Trinajstić information content (AvgIpc) is 2.05. The Morgan fingerprint density at radius 3 is 1.38 bits per heavy atom. The minimum absolute atomic E-state index is 0.504. The Morgan fingerprint density at radius 2 is 1.15 bits per heavy atom. The summed E-state index contributed by atoms with van der Waals surface area (Å²) < 4.78 is 0.812. The normalized spacial score (nSPS) is 17.1. The van der Waals surface area contributed by atoms with Gasteiger partial charge in [0.25, 0.3) is 0 Å². The van der Waals surface area contributed by atoms with Crippen molar-refractivity contribution < 1.29 is 0 Å². The zero-order valence-corrected chi connectivity index (χ0v) is 14.0. The van der Waals surface area contributed by atoms with E-state index < -0.39 is 29.3 Å². The molecule has 2 atom stereocenters. The molecule has 13 heavy (non-hydrogen) atoms. The van der Waals surface area contributed by atoms with Crippen LogP contribution in [0, 0.1) is 0 Å². The Kier molecular flexibility index (Phi) is 7.14. The van der Waals surface area contributed by atoms with Gasteiger partial charge in [0.15, 0.2) is 0 Å². The van der Waals surface area contributed by atoms with Gasteiger partial charge in [0.2, 0.25) is 0 Å². The van der Waals surface area contributed by atoms with Crippen molar-refractivity contribution in [3.63, 3.8) is 0 Å². The number of rotatable bonds is 6. The first-order valence-electron chi connectivity index (χ1n) is 5.39. The van der Waals surface area contributed by atoms with Crippen LogP contribution in [0.3, 0.4) is 0 Å². The van der Waals surface area contributed by atoms with Crippen molar-refractivity contribution in [2.45, 2.75) is 65.4 Å². The van der Waals surface area contributed by atoms with E-state index in [0.717, 1.165) is 2.99 Å². The van der Waals surface area contributed by atoms with Gasteiger partial charge in [-0.2, -0.15) is 0 Å². The molecule has 80 valence electrons. The summed E-state index contributed by atoms with van der Waals surface area (Å²) in [7, 11) is 0. The Bertz CT molecular complexity index is 118. The fourth-order valence-corrected chi connectivity index (χ4v) is 16.4. The van der Waals surface area contributed by atoms with Crippen molar-refractivity contribution in [2.24, 2.45) is 0 Å². The van der Waals surface area contributed by atoms with Gasteiger partial charge >= 0.3 is 94.7 Å². The molecule has 0 N–H and O–H groups in total. The van der Waals surface area contributed by atoms with Crippen LogP contribution in [0.5, 0.6) is 0 Å². The van der Waals surface area contributed by atoms with Crippen LogP contribution >= 0.6 is 0 Å². The summed E-state index contributed by atoms with van der Waals surface area (Å²) in [6, 6.07) is 0. The van der Waals surface area contributed by atoms with Crippen LogP contribution in [0.2, 0.25) is 24.8 Å². The summed E-state index contributed by atoms with van der Waals surface area (Å²) in [6.07, 6.45) is 2.82. The minimum atomic E-state index is -0.504. The quantitative estimate of drug-likeness (QED) is 0.639. The molecule has 0 rings (SSSR count). The van der Waals surface area contributed by atoms with E-state index in [1.807, 2.05) is 0 Å². The molecule has 2 unspecified atom stereocenters. The van der Waals surface area contributed by atoms with E-state index in [1.165, 1.54) is 12.8 Å². The molecule has 0 amide bonds. The molecule has 0 aromatic rings. The monoisotopic (exact) mass is 308 g/mol. The fourth-order valence-electron chi connectivity index (χ4n) is 1.51. The molecule has 0 aromatic heterocycles. The summed E-state index contributed by atoms with van der Waals surface area (Å²) in [5.41, 5.74) is 5.19. The first-order valence-corrected chi connectivity index (χ1v) is 13.7. The molecule has 0 aliphatic heterocycles. The first-order chi connectivity index (χ1) is 5.96. The van der Waals surface area contributed by atoms with Crippen molar-refractivity contribution in [3.05, 3.63) is 0 Å². The van der Waals surface area contributed by atoms with Crippen LogP contribution in [0.15, 0.2) is 0 Å². The molecule has 0 aliphatic carbocycles. The van der Waals surface area contributed by atoms with Crippen molar-refractivity contribution in [2.75, 3.05) is 0 Å². The maximum absolute atomic E-state index is 2.59. The third-order valence-electron chi connectivity index (χ3n) is 2.99. The third kappa shape index (κ3) is 4.44. The van der Waals surface area contributed by atoms with E-state index in [-0.39, 0.29) is 0 Å². The molecule has 0 spiro atoms. The molecule has 0 bridgehead atoms. The molecule has 0 aromatic carbocycles. The molecule has 0 heterocycles. The molecular formula is C11H26As2. The van der Waals surface area contributed by atoms with E-state index in [4.69, 9.17) is 0 Å². The van der Waals surface area contributed by atoms with Gasteiger partial charge in [-0.15, -0.1) is 0 Å². The van der Waals surface area contributed by atoms with Gasteiger partial charge in [-0.05, 0) is 0 Å². The van der Waals surface area contributed by atoms with Crippen LogP contribution in [-0.2, 0) is 0 Å². The predicted molar refractivity (Wildman–Crippen MR) is 67.5 cm³/mol. The van der Waals surface area contributed by atoms with Crippen molar-refractivity contribution in [1.82, 2.24) is 0 Å². The van der Waals surface area contributed by atoms with Gasteiger partial charge in [0.05, 0.1) is 0 Å². The van der Waals surface area contributed by atoms with Gasteiger partial charge in [-0.25, -0.2) is 0 Å². The van der Waals surface area contributed by atoms with E-state index in [9.17, 15) is 0 Å². The van der Waals surface area contributed by atoms with Crippen molar-refractivity contribution in [3.8, 4) is 0 Å². The summed E-state index contributed by atoms with van der Waals surface area (Å²) in [4.78, 5) is 0. The zero-order valence-electron chi connectivity index (χ0n) is 10.2. The molecular weight excluding hydrogens is 282 g/mol. The van der Waals surface area contributed by atoms with Gasteiger partial charge in [0.1, 0.15) is 0 Å². The molecule has 2 heteroatoms. The SMILES string of the molecule is CCC[As](C)C(C)(C)[As](C)CCC. The van der Waals surface area contributed by atoms with E-state index in [0.29, 0.717) is 0 Å². The second kappa shape index (κ2) is 6.57. The van der Waals surface area contributed by atoms with E-state index in [2.05, 4.69) is 39.1 Å². The van der Waals surface area contributed by atoms with Gasteiger partial charge in [0, 0.05) is 0 Å². The summed E-state index contributed by atoms with van der Waals surface area (Å²) in [5.74, 6) is 0. The van der Waals surface area contributed by atoms with Gasteiger partial charge in [-0.1, -0.05) is 0 Å². The molecule has 0 nitrogen and oxygen atoms in total. The Labute approximate surface area is 94.4 Å². The van der Waals surface area contributed by atoms with Crippen LogP contribution in [0.1, 0.15) is 40.5 Å². The molecule has 0 aliphatic rings. The standard InChI is InChI=1S/C11H26As2/c1-7-9-12(5)11(3,4)13(6)10-8-2/h7-10H2,1-6H3. The van der Waals surface area contributed by atoms with Crippen LogP contribution in [-0.4, -0.2) is 29.3 Å². The van der Waals surface area contributed by atoms with Crippen LogP contribution in [0.4, 0.5) is 0 Å². The zero-order chi connectivity index (χ0) is 10.5. The topological polar surface area (TPSA) is 0 Å². The molecule has 0 saturated carbocycles. The van der Waals surface area contributed by atoms with Crippen molar-refractivity contribution >= 4 is 29.3 Å². The fraction of sp³-hybridized carbons (Fsp3) is 1.00. The Hall–Kier alpha value is 1.12. The van der Waals surface area contributed by atoms with Crippen molar-refractivity contribution in [1.29, 1.82) is 0 Å². The van der Waals surface area contributed by atoms with Crippen LogP contribution in [0.25, 0.3) is 0 Å². The van der Waals surface area contributed by atoms with Crippen LogP contribution < -0.4 is 0 Å². The van der Waals surface area contributed by atoms with E-state index in [1.54, 1.807) is 10.4 Å². The molecule has 0 saturated heterocycles.